The van der Waals surface area contributed by atoms with Crippen molar-refractivity contribution in [2.24, 2.45) is 5.41 Å². The van der Waals surface area contributed by atoms with Crippen LogP contribution in [0, 0.1) is 26.2 Å². The molecule has 4 rings (SSSR count). The molecule has 28 heavy (non-hydrogen) atoms. The van der Waals surface area contributed by atoms with Crippen LogP contribution in [0.2, 0.25) is 0 Å². The minimum absolute atomic E-state index is 0.111. The third kappa shape index (κ3) is 3.50. The van der Waals surface area contributed by atoms with E-state index in [1.165, 1.54) is 0 Å². The minimum atomic E-state index is 0.111. The molecule has 1 aromatic heterocycles. The monoisotopic (exact) mass is 379 g/mol. The highest BCUT2D eigenvalue weighted by Crippen LogP contribution is 2.40. The average Bonchev–Trinajstić information content (AvgIpc) is 2.82. The Labute approximate surface area is 166 Å². The van der Waals surface area contributed by atoms with Gasteiger partial charge < -0.3 is 10.2 Å². The topological polar surface area (TPSA) is 62.3 Å². The van der Waals surface area contributed by atoms with Gasteiger partial charge >= 0.3 is 0 Å². The molecule has 1 aromatic carbocycles. The lowest BCUT2D eigenvalue weighted by atomic mass is 9.73. The fraction of sp³-hybridized carbons (Fsp3) is 0.522. The molecule has 2 amide bonds. The molecule has 0 atom stereocenters. The maximum Gasteiger partial charge on any atom is 0.254 e. The van der Waals surface area contributed by atoms with E-state index in [-0.39, 0.29) is 17.2 Å². The molecule has 2 fully saturated rings. The third-order valence-corrected chi connectivity index (χ3v) is 6.58. The van der Waals surface area contributed by atoms with Crippen LogP contribution in [0.3, 0.4) is 0 Å². The van der Waals surface area contributed by atoms with Crippen LogP contribution < -0.4 is 5.32 Å². The van der Waals surface area contributed by atoms with E-state index in [0.29, 0.717) is 6.42 Å². The maximum absolute atomic E-state index is 13.4. The summed E-state index contributed by atoms with van der Waals surface area (Å²) in [5.41, 5.74) is 5.03. The number of nitrogens with one attached hydrogen (secondary N) is 1. The highest BCUT2D eigenvalue weighted by Gasteiger charge is 2.37. The van der Waals surface area contributed by atoms with Crippen molar-refractivity contribution in [1.82, 2.24) is 15.2 Å². The molecule has 0 aliphatic carbocycles. The van der Waals surface area contributed by atoms with E-state index in [1.54, 1.807) is 0 Å². The molecule has 3 heterocycles. The average molecular weight is 380 g/mol. The molecule has 1 N–H and O–H groups in total. The number of nitrogens with zero attached hydrogens (tertiary/aromatic N) is 2. The predicted molar refractivity (Wildman–Crippen MR) is 110 cm³/mol. The van der Waals surface area contributed by atoms with Gasteiger partial charge in [0.25, 0.3) is 5.91 Å². The van der Waals surface area contributed by atoms with E-state index in [9.17, 15) is 9.59 Å². The smallest absolute Gasteiger partial charge is 0.254 e. The highest BCUT2D eigenvalue weighted by molar-refractivity contribution is 6.07. The van der Waals surface area contributed by atoms with Gasteiger partial charge in [0.2, 0.25) is 5.91 Å². The van der Waals surface area contributed by atoms with E-state index in [4.69, 9.17) is 0 Å². The molecule has 2 saturated heterocycles. The van der Waals surface area contributed by atoms with Gasteiger partial charge in [0.05, 0.1) is 11.1 Å². The van der Waals surface area contributed by atoms with Crippen molar-refractivity contribution < 1.29 is 9.59 Å². The lowest BCUT2D eigenvalue weighted by Gasteiger charge is -2.41. The number of aromatic nitrogens is 1. The summed E-state index contributed by atoms with van der Waals surface area (Å²) in [5.74, 6) is 0.278. The number of fused-ring (bicyclic) bond motifs is 1. The first-order valence-corrected chi connectivity index (χ1v) is 10.3. The van der Waals surface area contributed by atoms with Crippen molar-refractivity contribution in [3.05, 3.63) is 40.6 Å². The molecule has 0 bridgehead atoms. The second-order valence-electron chi connectivity index (χ2n) is 8.68. The number of likely N-dealkylation sites (tertiary alicyclic amines) is 1. The highest BCUT2D eigenvalue weighted by atomic mass is 16.2. The van der Waals surface area contributed by atoms with Crippen molar-refractivity contribution in [3.63, 3.8) is 0 Å². The van der Waals surface area contributed by atoms with Crippen LogP contribution in [0.1, 0.15) is 59.3 Å². The summed E-state index contributed by atoms with van der Waals surface area (Å²) in [5, 5.41) is 3.96. The van der Waals surface area contributed by atoms with Crippen LogP contribution in [0.25, 0.3) is 10.9 Å². The molecule has 0 unspecified atom stereocenters. The third-order valence-electron chi connectivity index (χ3n) is 6.58. The van der Waals surface area contributed by atoms with Gasteiger partial charge in [-0.15, -0.1) is 0 Å². The molecule has 2 aliphatic heterocycles. The molecular formula is C23H29N3O2. The maximum atomic E-state index is 13.4. The van der Waals surface area contributed by atoms with Crippen molar-refractivity contribution in [1.29, 1.82) is 0 Å². The number of hydrogen-bond donors (Lipinski definition) is 1. The molecule has 0 radical (unpaired) electrons. The van der Waals surface area contributed by atoms with E-state index < -0.39 is 0 Å². The summed E-state index contributed by atoms with van der Waals surface area (Å²) in [6.07, 6.45) is 4.54. The number of hydrogen-bond acceptors (Lipinski definition) is 3. The Hall–Kier alpha value is -2.43. The molecule has 148 valence electrons. The van der Waals surface area contributed by atoms with Crippen LogP contribution in [-0.2, 0) is 4.79 Å². The second kappa shape index (κ2) is 7.19. The molecule has 5 heteroatoms. The summed E-state index contributed by atoms with van der Waals surface area (Å²) in [6, 6.07) is 6.12. The van der Waals surface area contributed by atoms with Crippen LogP contribution >= 0.6 is 0 Å². The van der Waals surface area contributed by atoms with Crippen LogP contribution in [-0.4, -0.2) is 41.3 Å². The lowest BCUT2D eigenvalue weighted by Crippen LogP contribution is -2.43. The summed E-state index contributed by atoms with van der Waals surface area (Å²) >= 11 is 0. The number of amides is 2. The standard InChI is InChI=1S/C23H29N3O2/c1-15-12-16(2)21-18(14-17(3)25-19(21)13-15)22(28)26-10-7-23(8-11-26)5-4-20(27)24-9-6-23/h12-14H,4-11H2,1-3H3,(H,24,27). The van der Waals surface area contributed by atoms with Gasteiger partial charge in [-0.2, -0.15) is 0 Å². The Kier molecular flexibility index (Phi) is 4.86. The number of pyridine rings is 1. The molecule has 1 spiro atoms. The molecule has 2 aromatic rings. The number of piperidine rings is 1. The fourth-order valence-corrected chi connectivity index (χ4v) is 4.97. The number of carbonyl (C=O) groups excluding carboxylic acids is 2. The van der Waals surface area contributed by atoms with Crippen LogP contribution in [0.15, 0.2) is 18.2 Å². The SMILES string of the molecule is Cc1cc(C)c2c(C(=O)N3CCC4(CCNC(=O)CC4)CC3)cc(C)nc2c1. The number of benzene rings is 1. The van der Waals surface area contributed by atoms with Gasteiger partial charge in [-0.3, -0.25) is 14.6 Å². The predicted octanol–water partition coefficient (Wildman–Crippen LogP) is 3.68. The summed E-state index contributed by atoms with van der Waals surface area (Å²) in [7, 11) is 0. The van der Waals surface area contributed by atoms with Gasteiger partial charge in [0.1, 0.15) is 0 Å². The second-order valence-corrected chi connectivity index (χ2v) is 8.68. The number of aryl methyl sites for hydroxylation is 3. The van der Waals surface area contributed by atoms with Gasteiger partial charge in [-0.25, -0.2) is 0 Å². The fourth-order valence-electron chi connectivity index (χ4n) is 4.97. The number of carbonyl (C=O) groups is 2. The Balaban J connectivity index is 1.59. The van der Waals surface area contributed by atoms with E-state index in [0.717, 1.165) is 78.6 Å². The van der Waals surface area contributed by atoms with Crippen LogP contribution in [0.5, 0.6) is 0 Å². The van der Waals surface area contributed by atoms with Crippen molar-refractivity contribution >= 4 is 22.7 Å². The van der Waals surface area contributed by atoms with Gasteiger partial charge in [0, 0.05) is 37.1 Å². The first kappa shape index (κ1) is 18.9. The van der Waals surface area contributed by atoms with Gasteiger partial charge in [-0.05, 0) is 75.1 Å². The zero-order chi connectivity index (χ0) is 19.9. The Morgan fingerprint density at radius 1 is 1.07 bits per heavy atom. The van der Waals surface area contributed by atoms with E-state index in [1.807, 2.05) is 17.9 Å². The van der Waals surface area contributed by atoms with Gasteiger partial charge in [-0.1, -0.05) is 6.07 Å². The quantitative estimate of drug-likeness (QED) is 0.822. The Morgan fingerprint density at radius 3 is 2.57 bits per heavy atom. The summed E-state index contributed by atoms with van der Waals surface area (Å²) in [4.78, 5) is 31.8. The molecule has 2 aliphatic rings. The largest absolute Gasteiger partial charge is 0.356 e. The van der Waals surface area contributed by atoms with Crippen LogP contribution in [0.4, 0.5) is 0 Å². The Morgan fingerprint density at radius 2 is 1.82 bits per heavy atom. The van der Waals surface area contributed by atoms with Crippen molar-refractivity contribution in [3.8, 4) is 0 Å². The Bertz CT molecular complexity index is 937. The van der Waals surface area contributed by atoms with Crippen molar-refractivity contribution in [2.75, 3.05) is 19.6 Å². The first-order chi connectivity index (χ1) is 13.4. The lowest BCUT2D eigenvalue weighted by molar-refractivity contribution is -0.121. The zero-order valence-electron chi connectivity index (χ0n) is 17.1. The van der Waals surface area contributed by atoms with Gasteiger partial charge in [0.15, 0.2) is 0 Å². The zero-order valence-corrected chi connectivity index (χ0v) is 17.1. The number of rotatable bonds is 1. The molecule has 5 nitrogen and oxygen atoms in total. The normalized spacial score (nSPS) is 19.5. The van der Waals surface area contributed by atoms with E-state index >= 15 is 0 Å². The summed E-state index contributed by atoms with van der Waals surface area (Å²) < 4.78 is 0. The van der Waals surface area contributed by atoms with E-state index in [2.05, 4.69) is 36.3 Å². The van der Waals surface area contributed by atoms with Crippen molar-refractivity contribution in [2.45, 2.75) is 52.9 Å². The minimum Gasteiger partial charge on any atom is -0.356 e. The molecule has 0 saturated carbocycles. The summed E-state index contributed by atoms with van der Waals surface area (Å²) in [6.45, 7) is 8.37. The molecular weight excluding hydrogens is 350 g/mol. The first-order valence-electron chi connectivity index (χ1n) is 10.3.